The largest absolute Gasteiger partial charge is 0.493 e. The quantitative estimate of drug-likeness (QED) is 0.916. The Morgan fingerprint density at radius 3 is 3.15 bits per heavy atom. The number of hydrogen-bond donors (Lipinski definition) is 1. The van der Waals surface area contributed by atoms with Crippen molar-refractivity contribution in [1.29, 1.82) is 0 Å². The molecule has 0 aromatic heterocycles. The number of benzene rings is 1. The van der Waals surface area contributed by atoms with Gasteiger partial charge in [-0.1, -0.05) is 0 Å². The highest BCUT2D eigenvalue weighted by molar-refractivity contribution is 5.94. The minimum Gasteiger partial charge on any atom is -0.493 e. The van der Waals surface area contributed by atoms with Crippen LogP contribution >= 0.6 is 0 Å². The van der Waals surface area contributed by atoms with Gasteiger partial charge in [0.1, 0.15) is 5.75 Å². The van der Waals surface area contributed by atoms with Gasteiger partial charge in [0.2, 0.25) is 0 Å². The molecule has 108 valence electrons. The molecule has 1 fully saturated rings. The van der Waals surface area contributed by atoms with Gasteiger partial charge in [-0.15, -0.1) is 0 Å². The standard InChI is InChI=1S/C16H21NO3/c18-16(17-7-5-12-6-9-19-11-12)14-3-4-15-13(10-14)2-1-8-20-15/h3-4,10,12H,1-2,5-9,11H2,(H,17,18). The van der Waals surface area contributed by atoms with Crippen LogP contribution in [0.3, 0.4) is 0 Å². The van der Waals surface area contributed by atoms with Gasteiger partial charge in [0, 0.05) is 25.3 Å². The van der Waals surface area contributed by atoms with E-state index < -0.39 is 0 Å². The van der Waals surface area contributed by atoms with Crippen molar-refractivity contribution in [2.24, 2.45) is 5.92 Å². The zero-order chi connectivity index (χ0) is 13.8. The summed E-state index contributed by atoms with van der Waals surface area (Å²) in [5.41, 5.74) is 1.88. The molecule has 0 aliphatic carbocycles. The van der Waals surface area contributed by atoms with Crippen LogP contribution in [0.15, 0.2) is 18.2 Å². The van der Waals surface area contributed by atoms with Gasteiger partial charge in [0.25, 0.3) is 5.91 Å². The van der Waals surface area contributed by atoms with Gasteiger partial charge in [-0.05, 0) is 55.4 Å². The topological polar surface area (TPSA) is 47.6 Å². The summed E-state index contributed by atoms with van der Waals surface area (Å²) < 4.78 is 10.9. The SMILES string of the molecule is O=C(NCCC1CCOC1)c1ccc2c(c1)CCCO2. The maximum Gasteiger partial charge on any atom is 0.251 e. The van der Waals surface area contributed by atoms with Crippen molar-refractivity contribution >= 4 is 5.91 Å². The van der Waals surface area contributed by atoms with Crippen molar-refractivity contribution in [2.75, 3.05) is 26.4 Å². The van der Waals surface area contributed by atoms with Crippen LogP contribution < -0.4 is 10.1 Å². The summed E-state index contributed by atoms with van der Waals surface area (Å²) in [5.74, 6) is 1.54. The van der Waals surface area contributed by atoms with Crippen molar-refractivity contribution in [3.63, 3.8) is 0 Å². The third kappa shape index (κ3) is 3.12. The Kier molecular flexibility index (Phi) is 4.21. The molecule has 0 bridgehead atoms. The Balaban J connectivity index is 1.53. The van der Waals surface area contributed by atoms with Gasteiger partial charge in [-0.2, -0.15) is 0 Å². The molecule has 1 aromatic carbocycles. The van der Waals surface area contributed by atoms with E-state index in [4.69, 9.17) is 9.47 Å². The average molecular weight is 275 g/mol. The van der Waals surface area contributed by atoms with E-state index in [1.165, 1.54) is 0 Å². The molecular weight excluding hydrogens is 254 g/mol. The summed E-state index contributed by atoms with van der Waals surface area (Å²) in [6.45, 7) is 3.21. The summed E-state index contributed by atoms with van der Waals surface area (Å²) in [6, 6.07) is 5.72. The Bertz CT molecular complexity index is 481. The van der Waals surface area contributed by atoms with Crippen LogP contribution in [0.2, 0.25) is 0 Å². The molecule has 0 spiro atoms. The average Bonchev–Trinajstić information content (AvgIpc) is 3.00. The van der Waals surface area contributed by atoms with Crippen LogP contribution in [0.4, 0.5) is 0 Å². The van der Waals surface area contributed by atoms with Crippen LogP contribution in [0.5, 0.6) is 5.75 Å². The van der Waals surface area contributed by atoms with Gasteiger partial charge >= 0.3 is 0 Å². The Hall–Kier alpha value is -1.55. The van der Waals surface area contributed by atoms with Gasteiger partial charge < -0.3 is 14.8 Å². The fourth-order valence-corrected chi connectivity index (χ4v) is 2.80. The van der Waals surface area contributed by atoms with E-state index in [2.05, 4.69) is 5.32 Å². The van der Waals surface area contributed by atoms with Crippen molar-refractivity contribution in [3.8, 4) is 5.75 Å². The summed E-state index contributed by atoms with van der Waals surface area (Å²) in [7, 11) is 0. The fourth-order valence-electron chi connectivity index (χ4n) is 2.80. The monoisotopic (exact) mass is 275 g/mol. The number of nitrogens with one attached hydrogen (secondary N) is 1. The predicted octanol–water partition coefficient (Wildman–Crippen LogP) is 2.17. The maximum absolute atomic E-state index is 12.1. The zero-order valence-electron chi connectivity index (χ0n) is 11.7. The normalized spacial score (nSPS) is 21.1. The first-order chi connectivity index (χ1) is 9.83. The van der Waals surface area contributed by atoms with Crippen LogP contribution in [0.25, 0.3) is 0 Å². The lowest BCUT2D eigenvalue weighted by atomic mass is 10.0. The molecule has 1 saturated heterocycles. The van der Waals surface area contributed by atoms with Gasteiger partial charge in [-0.3, -0.25) is 4.79 Å². The first-order valence-corrected chi connectivity index (χ1v) is 7.44. The predicted molar refractivity (Wildman–Crippen MR) is 76.1 cm³/mol. The van der Waals surface area contributed by atoms with Crippen LogP contribution in [0.1, 0.15) is 35.2 Å². The summed E-state index contributed by atoms with van der Waals surface area (Å²) in [6.07, 6.45) is 4.14. The van der Waals surface area contributed by atoms with Gasteiger partial charge in [0.15, 0.2) is 0 Å². The fraction of sp³-hybridized carbons (Fsp3) is 0.562. The number of hydrogen-bond acceptors (Lipinski definition) is 3. The Labute approximate surface area is 119 Å². The molecule has 1 unspecified atom stereocenters. The van der Waals surface area contributed by atoms with E-state index >= 15 is 0 Å². The minimum atomic E-state index is 0.0114. The second-order valence-electron chi connectivity index (χ2n) is 5.55. The highest BCUT2D eigenvalue weighted by atomic mass is 16.5. The molecule has 2 heterocycles. The first kappa shape index (κ1) is 13.4. The number of carbonyl (C=O) groups is 1. The molecule has 3 rings (SSSR count). The lowest BCUT2D eigenvalue weighted by molar-refractivity contribution is 0.0950. The smallest absolute Gasteiger partial charge is 0.251 e. The minimum absolute atomic E-state index is 0.0114. The number of carbonyl (C=O) groups excluding carboxylic acids is 1. The number of amides is 1. The molecule has 4 nitrogen and oxygen atoms in total. The molecule has 4 heteroatoms. The number of ether oxygens (including phenoxy) is 2. The highest BCUT2D eigenvalue weighted by Crippen LogP contribution is 2.25. The lowest BCUT2D eigenvalue weighted by Gasteiger charge is -2.17. The van der Waals surface area contributed by atoms with Crippen LogP contribution in [-0.4, -0.2) is 32.3 Å². The molecule has 1 aromatic rings. The van der Waals surface area contributed by atoms with E-state index in [0.29, 0.717) is 5.92 Å². The molecule has 2 aliphatic heterocycles. The Morgan fingerprint density at radius 2 is 2.30 bits per heavy atom. The van der Waals surface area contributed by atoms with E-state index in [-0.39, 0.29) is 5.91 Å². The molecule has 2 aliphatic rings. The zero-order valence-corrected chi connectivity index (χ0v) is 11.7. The number of aryl methyl sites for hydroxylation is 1. The first-order valence-electron chi connectivity index (χ1n) is 7.44. The molecule has 0 radical (unpaired) electrons. The van der Waals surface area contributed by atoms with Gasteiger partial charge in [-0.25, -0.2) is 0 Å². The van der Waals surface area contributed by atoms with Crippen molar-refractivity contribution < 1.29 is 14.3 Å². The second kappa shape index (κ2) is 6.27. The third-order valence-electron chi connectivity index (χ3n) is 4.03. The highest BCUT2D eigenvalue weighted by Gasteiger charge is 2.16. The molecule has 1 atom stereocenters. The third-order valence-corrected chi connectivity index (χ3v) is 4.03. The number of fused-ring (bicyclic) bond motifs is 1. The Morgan fingerprint density at radius 1 is 1.35 bits per heavy atom. The summed E-state index contributed by atoms with van der Waals surface area (Å²) in [4.78, 5) is 12.1. The summed E-state index contributed by atoms with van der Waals surface area (Å²) in [5, 5.41) is 3.00. The van der Waals surface area contributed by atoms with E-state index in [1.54, 1.807) is 0 Å². The van der Waals surface area contributed by atoms with E-state index in [0.717, 1.165) is 68.9 Å². The molecule has 0 saturated carbocycles. The van der Waals surface area contributed by atoms with Crippen LogP contribution in [0, 0.1) is 5.92 Å². The number of rotatable bonds is 4. The van der Waals surface area contributed by atoms with Crippen LogP contribution in [-0.2, 0) is 11.2 Å². The molecule has 1 N–H and O–H groups in total. The van der Waals surface area contributed by atoms with E-state index in [9.17, 15) is 4.79 Å². The lowest BCUT2D eigenvalue weighted by Crippen LogP contribution is -2.26. The van der Waals surface area contributed by atoms with Gasteiger partial charge in [0.05, 0.1) is 6.61 Å². The van der Waals surface area contributed by atoms with Crippen molar-refractivity contribution in [1.82, 2.24) is 5.32 Å². The molecule has 1 amide bonds. The van der Waals surface area contributed by atoms with Crippen molar-refractivity contribution in [3.05, 3.63) is 29.3 Å². The second-order valence-corrected chi connectivity index (χ2v) is 5.55. The summed E-state index contributed by atoms with van der Waals surface area (Å²) >= 11 is 0. The van der Waals surface area contributed by atoms with Crippen molar-refractivity contribution in [2.45, 2.75) is 25.7 Å². The molecule has 20 heavy (non-hydrogen) atoms. The van der Waals surface area contributed by atoms with E-state index in [1.807, 2.05) is 18.2 Å². The molecular formula is C16H21NO3. The maximum atomic E-state index is 12.1.